The van der Waals surface area contributed by atoms with E-state index in [1.807, 2.05) is 0 Å². The fourth-order valence-electron chi connectivity index (χ4n) is 2.83. The second-order valence-corrected chi connectivity index (χ2v) is 5.53. The number of hydrogen-bond acceptors (Lipinski definition) is 6. The van der Waals surface area contributed by atoms with E-state index in [9.17, 15) is 9.90 Å². The predicted molar refractivity (Wildman–Crippen MR) is 91.9 cm³/mol. The van der Waals surface area contributed by atoms with Crippen LogP contribution in [-0.2, 0) is 0 Å². The van der Waals surface area contributed by atoms with Crippen molar-refractivity contribution in [2.24, 2.45) is 0 Å². The van der Waals surface area contributed by atoms with E-state index >= 15 is 0 Å². The molecule has 3 rings (SSSR count). The highest BCUT2D eigenvalue weighted by molar-refractivity contribution is 6.15. The molecule has 0 saturated heterocycles. The Hall–Kier alpha value is -3.15. The highest BCUT2D eigenvalue weighted by Gasteiger charge is 2.30. The standard InChI is InChI=1S/C19H18O6/c1-10-5-12(20)9-13-17(10)18(21)14(25-13)6-11-7-15(22-2)19(24-4)16(8-11)23-3/h5-9,20H,1-4H3/b14-6-. The van der Waals surface area contributed by atoms with Crippen LogP contribution in [0.4, 0.5) is 0 Å². The lowest BCUT2D eigenvalue weighted by Crippen LogP contribution is -2.00. The number of Topliss-reactive ketones (excluding diaryl/α,β-unsaturated/α-hetero) is 1. The van der Waals surface area contributed by atoms with Crippen molar-refractivity contribution in [3.63, 3.8) is 0 Å². The Balaban J connectivity index is 2.05. The quantitative estimate of drug-likeness (QED) is 0.859. The Morgan fingerprint density at radius 1 is 1.00 bits per heavy atom. The number of aromatic hydroxyl groups is 1. The number of phenols is 1. The van der Waals surface area contributed by atoms with Crippen molar-refractivity contribution in [2.45, 2.75) is 6.92 Å². The number of carbonyl (C=O) groups excluding carboxylic acids is 1. The minimum absolute atomic E-state index is 0.0538. The van der Waals surface area contributed by atoms with Gasteiger partial charge in [-0.2, -0.15) is 0 Å². The molecule has 2 aromatic carbocycles. The summed E-state index contributed by atoms with van der Waals surface area (Å²) in [5.41, 5.74) is 1.78. The first kappa shape index (κ1) is 16.7. The third-order valence-electron chi connectivity index (χ3n) is 3.94. The van der Waals surface area contributed by atoms with Gasteiger partial charge in [-0.3, -0.25) is 4.79 Å². The van der Waals surface area contributed by atoms with Gasteiger partial charge in [0, 0.05) is 6.07 Å². The summed E-state index contributed by atoms with van der Waals surface area (Å²) in [4.78, 5) is 12.6. The summed E-state index contributed by atoms with van der Waals surface area (Å²) in [5, 5.41) is 9.68. The smallest absolute Gasteiger partial charge is 0.232 e. The largest absolute Gasteiger partial charge is 0.508 e. The average molecular weight is 342 g/mol. The van der Waals surface area contributed by atoms with Gasteiger partial charge in [0.1, 0.15) is 11.5 Å². The molecule has 0 amide bonds. The minimum atomic E-state index is -0.235. The molecule has 0 radical (unpaired) electrons. The molecule has 1 heterocycles. The zero-order chi connectivity index (χ0) is 18.1. The molecular formula is C19H18O6. The van der Waals surface area contributed by atoms with E-state index < -0.39 is 0 Å². The number of hydrogen-bond donors (Lipinski definition) is 1. The molecule has 25 heavy (non-hydrogen) atoms. The van der Waals surface area contributed by atoms with E-state index in [4.69, 9.17) is 18.9 Å². The molecule has 6 nitrogen and oxygen atoms in total. The molecule has 0 aliphatic carbocycles. The van der Waals surface area contributed by atoms with Crippen molar-refractivity contribution in [3.05, 3.63) is 46.7 Å². The number of ether oxygens (including phenoxy) is 4. The molecule has 0 aromatic heterocycles. The second-order valence-electron chi connectivity index (χ2n) is 5.53. The maximum Gasteiger partial charge on any atom is 0.232 e. The van der Waals surface area contributed by atoms with Gasteiger partial charge in [0.05, 0.1) is 26.9 Å². The number of methoxy groups -OCH3 is 3. The Kier molecular flexibility index (Phi) is 4.27. The number of fused-ring (bicyclic) bond motifs is 1. The first-order valence-corrected chi connectivity index (χ1v) is 7.56. The monoisotopic (exact) mass is 342 g/mol. The van der Waals surface area contributed by atoms with Crippen LogP contribution in [0.3, 0.4) is 0 Å². The third-order valence-corrected chi connectivity index (χ3v) is 3.94. The SMILES string of the molecule is COc1cc(/C=C2\Oc3cc(O)cc(C)c3C2=O)cc(OC)c1OC. The van der Waals surface area contributed by atoms with Crippen molar-refractivity contribution >= 4 is 11.9 Å². The summed E-state index contributed by atoms with van der Waals surface area (Å²) in [6, 6.07) is 6.40. The molecule has 1 aliphatic rings. The Morgan fingerprint density at radius 3 is 2.20 bits per heavy atom. The fourth-order valence-corrected chi connectivity index (χ4v) is 2.83. The van der Waals surface area contributed by atoms with Crippen LogP contribution in [0.5, 0.6) is 28.7 Å². The molecule has 2 aromatic rings. The summed E-state index contributed by atoms with van der Waals surface area (Å²) in [6.45, 7) is 1.75. The molecule has 0 spiro atoms. The third kappa shape index (κ3) is 2.87. The molecule has 1 N–H and O–H groups in total. The molecule has 1 aliphatic heterocycles. The highest BCUT2D eigenvalue weighted by Crippen LogP contribution is 2.40. The van der Waals surface area contributed by atoms with Crippen LogP contribution in [0.2, 0.25) is 0 Å². The molecule has 6 heteroatoms. The molecule has 0 fully saturated rings. The number of ketones is 1. The lowest BCUT2D eigenvalue weighted by molar-refractivity contribution is 0.101. The maximum atomic E-state index is 12.6. The van der Waals surface area contributed by atoms with Gasteiger partial charge in [0.15, 0.2) is 17.3 Å². The van der Waals surface area contributed by atoms with Gasteiger partial charge in [-0.25, -0.2) is 0 Å². The van der Waals surface area contributed by atoms with E-state index in [0.29, 0.717) is 39.7 Å². The van der Waals surface area contributed by atoms with Crippen LogP contribution in [0.15, 0.2) is 30.0 Å². The van der Waals surface area contributed by atoms with Crippen LogP contribution < -0.4 is 18.9 Å². The summed E-state index contributed by atoms with van der Waals surface area (Å²) in [6.07, 6.45) is 1.60. The van der Waals surface area contributed by atoms with Gasteiger partial charge in [-0.15, -0.1) is 0 Å². The second kappa shape index (κ2) is 6.39. The lowest BCUT2D eigenvalue weighted by Gasteiger charge is -2.13. The topological polar surface area (TPSA) is 74.2 Å². The number of benzene rings is 2. The van der Waals surface area contributed by atoms with Gasteiger partial charge in [-0.1, -0.05) is 0 Å². The normalized spacial score (nSPS) is 14.2. The van der Waals surface area contributed by atoms with Crippen LogP contribution in [-0.4, -0.2) is 32.2 Å². The van der Waals surface area contributed by atoms with Crippen LogP contribution in [0.25, 0.3) is 6.08 Å². The van der Waals surface area contributed by atoms with Gasteiger partial charge in [0.25, 0.3) is 0 Å². The van der Waals surface area contributed by atoms with Crippen molar-refractivity contribution in [3.8, 4) is 28.7 Å². The van der Waals surface area contributed by atoms with E-state index in [2.05, 4.69) is 0 Å². The van der Waals surface area contributed by atoms with Crippen molar-refractivity contribution in [2.75, 3.05) is 21.3 Å². The molecule has 0 atom stereocenters. The zero-order valence-electron chi connectivity index (χ0n) is 14.4. The van der Waals surface area contributed by atoms with E-state index in [0.717, 1.165) is 0 Å². The number of rotatable bonds is 4. The summed E-state index contributed by atoms with van der Waals surface area (Å²) >= 11 is 0. The first-order chi connectivity index (χ1) is 12.0. The maximum absolute atomic E-state index is 12.6. The lowest BCUT2D eigenvalue weighted by atomic mass is 10.0. The molecular weight excluding hydrogens is 324 g/mol. The van der Waals surface area contributed by atoms with Gasteiger partial charge >= 0.3 is 0 Å². The van der Waals surface area contributed by atoms with Crippen molar-refractivity contribution < 1.29 is 28.8 Å². The van der Waals surface area contributed by atoms with Gasteiger partial charge < -0.3 is 24.1 Å². The average Bonchev–Trinajstić information content (AvgIpc) is 2.89. The zero-order valence-corrected chi connectivity index (χ0v) is 14.4. The molecule has 0 saturated carbocycles. The molecule has 0 bridgehead atoms. The minimum Gasteiger partial charge on any atom is -0.508 e. The number of allylic oxidation sites excluding steroid dienone is 1. The predicted octanol–water partition coefficient (Wildman–Crippen LogP) is 3.34. The van der Waals surface area contributed by atoms with Crippen LogP contribution in [0.1, 0.15) is 21.5 Å². The fraction of sp³-hybridized carbons (Fsp3) is 0.211. The number of carbonyl (C=O) groups is 1. The van der Waals surface area contributed by atoms with E-state index in [1.165, 1.54) is 33.5 Å². The van der Waals surface area contributed by atoms with Gasteiger partial charge in [-0.05, 0) is 42.3 Å². The van der Waals surface area contributed by atoms with Crippen LogP contribution in [0, 0.1) is 6.92 Å². The Labute approximate surface area is 145 Å². The van der Waals surface area contributed by atoms with Crippen molar-refractivity contribution in [1.29, 1.82) is 0 Å². The number of aryl methyl sites for hydroxylation is 1. The molecule has 130 valence electrons. The van der Waals surface area contributed by atoms with Crippen molar-refractivity contribution in [1.82, 2.24) is 0 Å². The van der Waals surface area contributed by atoms with E-state index in [1.54, 1.807) is 25.1 Å². The highest BCUT2D eigenvalue weighted by atomic mass is 16.5. The summed E-state index contributed by atoms with van der Waals surface area (Å²) in [5.74, 6) is 1.75. The first-order valence-electron chi connectivity index (χ1n) is 7.56. The van der Waals surface area contributed by atoms with Gasteiger partial charge in [0.2, 0.25) is 11.5 Å². The summed E-state index contributed by atoms with van der Waals surface area (Å²) in [7, 11) is 4.56. The number of phenolic OH excluding ortho intramolecular Hbond substituents is 1. The van der Waals surface area contributed by atoms with E-state index in [-0.39, 0.29) is 17.3 Å². The van der Waals surface area contributed by atoms with Crippen LogP contribution >= 0.6 is 0 Å². The Morgan fingerprint density at radius 2 is 1.64 bits per heavy atom. The Bertz CT molecular complexity index is 857. The molecule has 0 unspecified atom stereocenters. The summed E-state index contributed by atoms with van der Waals surface area (Å²) < 4.78 is 21.5.